The second kappa shape index (κ2) is 17.1. The Balaban J connectivity index is 1.06. The minimum atomic E-state index is 0.595. The topological polar surface area (TPSA) is 64.7 Å². The second-order valence-corrected chi connectivity index (χ2v) is 16.7. The van der Waals surface area contributed by atoms with Crippen LogP contribution in [0.1, 0.15) is 0 Å². The van der Waals surface area contributed by atoms with Crippen LogP contribution in [0.5, 0.6) is 0 Å². The summed E-state index contributed by atoms with van der Waals surface area (Å²) in [6.45, 7) is 0. The summed E-state index contributed by atoms with van der Waals surface area (Å²) in [5, 5.41) is 2.12. The van der Waals surface area contributed by atoms with Gasteiger partial charge in [-0.3, -0.25) is 0 Å². The van der Waals surface area contributed by atoms with Gasteiger partial charge in [0, 0.05) is 44.2 Å². The highest BCUT2D eigenvalue weighted by atomic mass is 16.3. The second-order valence-electron chi connectivity index (χ2n) is 16.7. The summed E-state index contributed by atoms with van der Waals surface area (Å²) in [5.41, 5.74) is 17.3. The normalized spacial score (nSPS) is 11.3. The maximum absolute atomic E-state index is 6.28. The lowest BCUT2D eigenvalue weighted by Crippen LogP contribution is -1.99. The van der Waals surface area contributed by atoms with Crippen molar-refractivity contribution < 1.29 is 4.42 Å². The molecule has 67 heavy (non-hydrogen) atoms. The largest absolute Gasteiger partial charge is 0.456 e. The Morgan fingerprint density at radius 3 is 1.00 bits per heavy atom. The first-order valence-electron chi connectivity index (χ1n) is 22.4. The van der Waals surface area contributed by atoms with Crippen molar-refractivity contribution >= 4 is 21.9 Å². The number of hydrogen-bond donors (Lipinski definition) is 0. The summed E-state index contributed by atoms with van der Waals surface area (Å²) in [5.74, 6) is 1.19. The fraction of sp³-hybridized carbons (Fsp3) is 0. The van der Waals surface area contributed by atoms with E-state index < -0.39 is 0 Å². The van der Waals surface area contributed by atoms with E-state index in [9.17, 15) is 0 Å². The monoisotopic (exact) mass is 856 g/mol. The van der Waals surface area contributed by atoms with Gasteiger partial charge in [-0.1, -0.05) is 194 Å². The molecule has 0 aliphatic rings. The van der Waals surface area contributed by atoms with E-state index >= 15 is 0 Å². The molecular weight excluding hydrogens is 817 g/mol. The molecule has 12 rings (SSSR count). The third kappa shape index (κ3) is 7.96. The van der Waals surface area contributed by atoms with Gasteiger partial charge >= 0.3 is 0 Å². The van der Waals surface area contributed by atoms with E-state index in [0.717, 1.165) is 100 Å². The first-order chi connectivity index (χ1) is 33.1. The number of benzene rings is 9. The van der Waals surface area contributed by atoms with Crippen molar-refractivity contribution in [1.82, 2.24) is 19.9 Å². The highest BCUT2D eigenvalue weighted by Crippen LogP contribution is 2.38. The van der Waals surface area contributed by atoms with Crippen LogP contribution in [0.15, 0.2) is 247 Å². The van der Waals surface area contributed by atoms with Crippen LogP contribution >= 0.6 is 0 Å². The van der Waals surface area contributed by atoms with Crippen LogP contribution in [0.2, 0.25) is 0 Å². The Bertz CT molecular complexity index is 3510. The van der Waals surface area contributed by atoms with Crippen LogP contribution in [0.25, 0.3) is 123 Å². The average molecular weight is 857 g/mol. The molecule has 0 atom stereocenters. The van der Waals surface area contributed by atoms with Crippen molar-refractivity contribution in [3.63, 3.8) is 0 Å². The zero-order valence-electron chi connectivity index (χ0n) is 36.3. The lowest BCUT2D eigenvalue weighted by Gasteiger charge is -2.14. The number of nitrogens with zero attached hydrogens (tertiary/aromatic N) is 4. The Hall–Kier alpha value is -9.06. The Morgan fingerprint density at radius 2 is 0.537 bits per heavy atom. The van der Waals surface area contributed by atoms with Crippen LogP contribution in [-0.4, -0.2) is 19.9 Å². The number of furan rings is 1. The Labute approximate surface area is 388 Å². The molecule has 0 spiro atoms. The summed E-state index contributed by atoms with van der Waals surface area (Å²) < 4.78 is 6.28. The molecule has 0 aliphatic heterocycles. The number of fused-ring (bicyclic) bond motifs is 3. The van der Waals surface area contributed by atoms with Gasteiger partial charge in [0.05, 0.1) is 22.8 Å². The molecule has 5 nitrogen and oxygen atoms in total. The molecule has 0 radical (unpaired) electrons. The highest BCUT2D eigenvalue weighted by Gasteiger charge is 2.18. The summed E-state index contributed by atoms with van der Waals surface area (Å²) in [6, 6.07) is 84.0. The standard InChI is InChI=1S/C62H40N4O/c1-5-15-41(16-6-1)43-25-29-47(30-26-43)57-39-55(45-19-9-3-10-20-45)63-61(65-57)51-35-50(49-33-34-60-54(38-49)53-23-13-14-24-59(53)67-60)36-52(37-51)62-64-56(46-21-11-4-12-22-46)40-58(66-62)48-31-27-44(28-32-48)42-17-7-2-8-18-42/h1-40H. The lowest BCUT2D eigenvalue weighted by molar-refractivity contribution is 0.669. The van der Waals surface area contributed by atoms with Gasteiger partial charge in [0.1, 0.15) is 11.2 Å². The van der Waals surface area contributed by atoms with Crippen LogP contribution in [0.4, 0.5) is 0 Å². The molecule has 3 aromatic heterocycles. The molecule has 0 saturated heterocycles. The molecule has 0 unspecified atom stereocenters. The SMILES string of the molecule is c1ccc(-c2ccc(-c3cc(-c4ccccc4)nc(-c4cc(-c5ccc6oc7ccccc7c6c5)cc(-c5nc(-c6ccccc6)cc(-c6ccc(-c7ccccc7)cc6)n5)c4)n3)cc2)cc1. The highest BCUT2D eigenvalue weighted by molar-refractivity contribution is 6.06. The zero-order chi connectivity index (χ0) is 44.5. The van der Waals surface area contributed by atoms with Gasteiger partial charge in [-0.15, -0.1) is 0 Å². The van der Waals surface area contributed by atoms with Crippen molar-refractivity contribution in [2.75, 3.05) is 0 Å². The Morgan fingerprint density at radius 1 is 0.209 bits per heavy atom. The average Bonchev–Trinajstić information content (AvgIpc) is 3.80. The number of rotatable bonds is 9. The number of hydrogen-bond acceptors (Lipinski definition) is 5. The molecular formula is C62H40N4O. The zero-order valence-corrected chi connectivity index (χ0v) is 36.3. The predicted molar refractivity (Wildman–Crippen MR) is 274 cm³/mol. The van der Waals surface area contributed by atoms with Crippen molar-refractivity contribution in [1.29, 1.82) is 0 Å². The van der Waals surface area contributed by atoms with E-state index in [1.165, 1.54) is 11.1 Å². The lowest BCUT2D eigenvalue weighted by atomic mass is 9.96. The molecule has 0 amide bonds. The van der Waals surface area contributed by atoms with Gasteiger partial charge in [0.25, 0.3) is 0 Å². The first-order valence-corrected chi connectivity index (χ1v) is 22.4. The maximum atomic E-state index is 6.28. The van der Waals surface area contributed by atoms with Gasteiger partial charge in [-0.05, 0) is 81.9 Å². The van der Waals surface area contributed by atoms with Crippen molar-refractivity contribution in [3.8, 4) is 101 Å². The van der Waals surface area contributed by atoms with Crippen LogP contribution in [0, 0.1) is 0 Å². The van der Waals surface area contributed by atoms with E-state index in [4.69, 9.17) is 24.4 Å². The predicted octanol–water partition coefficient (Wildman–Crippen LogP) is 16.2. The van der Waals surface area contributed by atoms with Gasteiger partial charge < -0.3 is 4.42 Å². The van der Waals surface area contributed by atoms with E-state index in [1.54, 1.807) is 0 Å². The fourth-order valence-corrected chi connectivity index (χ4v) is 8.85. The van der Waals surface area contributed by atoms with E-state index in [-0.39, 0.29) is 0 Å². The molecule has 5 heteroatoms. The minimum absolute atomic E-state index is 0.595. The quantitative estimate of drug-likeness (QED) is 0.145. The molecule has 0 saturated carbocycles. The van der Waals surface area contributed by atoms with Crippen molar-refractivity contribution in [2.24, 2.45) is 0 Å². The molecule has 0 aliphatic carbocycles. The summed E-state index contributed by atoms with van der Waals surface area (Å²) >= 11 is 0. The maximum Gasteiger partial charge on any atom is 0.160 e. The molecule has 314 valence electrons. The van der Waals surface area contributed by atoms with Gasteiger partial charge in [0.15, 0.2) is 11.6 Å². The minimum Gasteiger partial charge on any atom is -0.456 e. The molecule has 0 bridgehead atoms. The van der Waals surface area contributed by atoms with Crippen molar-refractivity contribution in [2.45, 2.75) is 0 Å². The third-order valence-electron chi connectivity index (χ3n) is 12.3. The molecule has 9 aromatic carbocycles. The third-order valence-corrected chi connectivity index (χ3v) is 12.3. The fourth-order valence-electron chi connectivity index (χ4n) is 8.85. The molecule has 0 fully saturated rings. The summed E-state index contributed by atoms with van der Waals surface area (Å²) in [4.78, 5) is 21.3. The van der Waals surface area contributed by atoms with Crippen LogP contribution in [0.3, 0.4) is 0 Å². The molecule has 12 aromatic rings. The van der Waals surface area contributed by atoms with Gasteiger partial charge in [-0.2, -0.15) is 0 Å². The first kappa shape index (κ1) is 39.5. The van der Waals surface area contributed by atoms with Gasteiger partial charge in [0.2, 0.25) is 0 Å². The number of para-hydroxylation sites is 1. The van der Waals surface area contributed by atoms with Gasteiger partial charge in [-0.25, -0.2) is 19.9 Å². The number of aromatic nitrogens is 4. The molecule has 3 heterocycles. The van der Waals surface area contributed by atoms with Crippen LogP contribution in [-0.2, 0) is 0 Å². The Kier molecular flexibility index (Phi) is 10.1. The summed E-state index contributed by atoms with van der Waals surface area (Å²) in [6.07, 6.45) is 0. The van der Waals surface area contributed by atoms with Crippen LogP contribution < -0.4 is 0 Å². The summed E-state index contributed by atoms with van der Waals surface area (Å²) in [7, 11) is 0. The smallest absolute Gasteiger partial charge is 0.160 e. The molecule has 0 N–H and O–H groups in total. The van der Waals surface area contributed by atoms with E-state index in [2.05, 4.69) is 182 Å². The van der Waals surface area contributed by atoms with E-state index in [1.807, 2.05) is 60.7 Å². The van der Waals surface area contributed by atoms with Crippen molar-refractivity contribution in [3.05, 3.63) is 243 Å². The van der Waals surface area contributed by atoms with E-state index in [0.29, 0.717) is 11.6 Å².